The fourth-order valence-corrected chi connectivity index (χ4v) is 2.69. The van der Waals surface area contributed by atoms with Gasteiger partial charge in [-0.1, -0.05) is 0 Å². The first kappa shape index (κ1) is 20.3. The molecule has 0 bridgehead atoms. The fourth-order valence-electron chi connectivity index (χ4n) is 2.69. The predicted molar refractivity (Wildman–Crippen MR) is 107 cm³/mol. The zero-order valence-electron chi connectivity index (χ0n) is 16.3. The highest BCUT2D eigenvalue weighted by Crippen LogP contribution is 2.22. The van der Waals surface area contributed by atoms with Crippen molar-refractivity contribution < 1.29 is 28.2 Å². The van der Waals surface area contributed by atoms with Crippen LogP contribution in [0.2, 0.25) is 0 Å². The van der Waals surface area contributed by atoms with Gasteiger partial charge >= 0.3 is 11.6 Å². The summed E-state index contributed by atoms with van der Waals surface area (Å²) in [5, 5.41) is 0.811. The molecule has 0 atom stereocenters. The summed E-state index contributed by atoms with van der Waals surface area (Å²) >= 11 is 0. The van der Waals surface area contributed by atoms with Crippen LogP contribution in [0.5, 0.6) is 17.2 Å². The van der Waals surface area contributed by atoms with Gasteiger partial charge in [-0.15, -0.1) is 0 Å². The molecule has 29 heavy (non-hydrogen) atoms. The van der Waals surface area contributed by atoms with Gasteiger partial charge in [0.2, 0.25) is 0 Å². The van der Waals surface area contributed by atoms with E-state index in [1.807, 2.05) is 26.0 Å². The minimum absolute atomic E-state index is 0.0984. The highest BCUT2D eigenvalue weighted by molar-refractivity contribution is 5.81. The number of carbonyl (C=O) groups excluding carboxylic acids is 1. The van der Waals surface area contributed by atoms with Crippen LogP contribution < -0.4 is 19.8 Å². The van der Waals surface area contributed by atoms with Crippen molar-refractivity contribution >= 4 is 16.9 Å². The van der Waals surface area contributed by atoms with Crippen LogP contribution >= 0.6 is 0 Å². The number of rotatable bonds is 9. The maximum atomic E-state index is 11.8. The van der Waals surface area contributed by atoms with Gasteiger partial charge in [0.05, 0.1) is 6.61 Å². The van der Waals surface area contributed by atoms with E-state index < -0.39 is 11.6 Å². The van der Waals surface area contributed by atoms with Crippen molar-refractivity contribution in [3.8, 4) is 17.2 Å². The summed E-state index contributed by atoms with van der Waals surface area (Å²) in [6.45, 7) is 4.41. The Hall–Kier alpha value is -3.48. The van der Waals surface area contributed by atoms with E-state index >= 15 is 0 Å². The van der Waals surface area contributed by atoms with Crippen LogP contribution in [0.3, 0.4) is 0 Å². The van der Waals surface area contributed by atoms with Gasteiger partial charge in [0, 0.05) is 17.5 Å². The van der Waals surface area contributed by atoms with Crippen molar-refractivity contribution in [2.45, 2.75) is 13.8 Å². The molecule has 0 saturated carbocycles. The van der Waals surface area contributed by atoms with Crippen molar-refractivity contribution in [3.63, 3.8) is 0 Å². The lowest BCUT2D eigenvalue weighted by Gasteiger charge is -2.09. The first-order valence-corrected chi connectivity index (χ1v) is 9.24. The zero-order chi connectivity index (χ0) is 20.6. The molecule has 0 amide bonds. The lowest BCUT2D eigenvalue weighted by molar-refractivity contribution is -0.146. The Labute approximate surface area is 167 Å². The van der Waals surface area contributed by atoms with Crippen molar-refractivity contribution in [1.82, 2.24) is 0 Å². The Kier molecular flexibility index (Phi) is 6.73. The van der Waals surface area contributed by atoms with Crippen molar-refractivity contribution in [2.75, 3.05) is 26.4 Å². The summed E-state index contributed by atoms with van der Waals surface area (Å²) in [6.07, 6.45) is 0. The normalized spacial score (nSPS) is 10.6. The minimum Gasteiger partial charge on any atom is -0.494 e. The Morgan fingerprint density at radius 3 is 2.31 bits per heavy atom. The van der Waals surface area contributed by atoms with E-state index in [0.717, 1.165) is 16.7 Å². The monoisotopic (exact) mass is 398 g/mol. The van der Waals surface area contributed by atoms with Crippen LogP contribution in [0, 0.1) is 6.92 Å². The Balaban J connectivity index is 1.42. The van der Waals surface area contributed by atoms with Gasteiger partial charge in [0.25, 0.3) is 0 Å². The summed E-state index contributed by atoms with van der Waals surface area (Å²) in [5.74, 6) is 1.32. The molecular weight excluding hydrogens is 376 g/mol. The first-order chi connectivity index (χ1) is 14.0. The third-order valence-corrected chi connectivity index (χ3v) is 4.03. The van der Waals surface area contributed by atoms with Crippen LogP contribution in [0.1, 0.15) is 12.5 Å². The number of carbonyl (C=O) groups is 1. The standard InChI is InChI=1S/C22H22O7/c1-3-25-16-4-6-17(7-5-16)26-10-11-27-22(24)14-28-18-8-9-19-15(2)12-21(23)29-20(19)13-18/h4-9,12-13H,3,10-11,14H2,1-2H3. The van der Waals surface area contributed by atoms with Crippen molar-refractivity contribution in [3.05, 3.63) is 64.5 Å². The van der Waals surface area contributed by atoms with E-state index in [1.54, 1.807) is 30.3 Å². The molecule has 2 aromatic carbocycles. The molecule has 152 valence electrons. The largest absolute Gasteiger partial charge is 0.494 e. The SMILES string of the molecule is CCOc1ccc(OCCOC(=O)COc2ccc3c(C)cc(=O)oc3c2)cc1. The van der Waals surface area contributed by atoms with Gasteiger partial charge in [-0.25, -0.2) is 9.59 Å². The molecule has 0 spiro atoms. The fraction of sp³-hybridized carbons (Fsp3) is 0.273. The smallest absolute Gasteiger partial charge is 0.344 e. The number of ether oxygens (including phenoxy) is 4. The van der Waals surface area contributed by atoms with E-state index in [9.17, 15) is 9.59 Å². The second kappa shape index (κ2) is 9.64. The van der Waals surface area contributed by atoms with E-state index in [2.05, 4.69) is 0 Å². The van der Waals surface area contributed by atoms with Gasteiger partial charge in [0.1, 0.15) is 36.0 Å². The van der Waals surface area contributed by atoms with E-state index in [0.29, 0.717) is 23.7 Å². The van der Waals surface area contributed by atoms with Crippen LogP contribution in [0.25, 0.3) is 11.0 Å². The van der Waals surface area contributed by atoms with Crippen LogP contribution in [-0.4, -0.2) is 32.4 Å². The molecule has 0 fully saturated rings. The highest BCUT2D eigenvalue weighted by Gasteiger charge is 2.08. The summed E-state index contributed by atoms with van der Waals surface area (Å²) in [4.78, 5) is 23.3. The Morgan fingerprint density at radius 2 is 1.59 bits per heavy atom. The Bertz CT molecular complexity index is 1020. The topological polar surface area (TPSA) is 84.2 Å². The quantitative estimate of drug-likeness (QED) is 0.310. The second-order valence-electron chi connectivity index (χ2n) is 6.17. The number of fused-ring (bicyclic) bond motifs is 1. The van der Waals surface area contributed by atoms with Crippen molar-refractivity contribution in [2.24, 2.45) is 0 Å². The van der Waals surface area contributed by atoms with E-state index in [4.69, 9.17) is 23.4 Å². The first-order valence-electron chi connectivity index (χ1n) is 9.24. The summed E-state index contributed by atoms with van der Waals surface area (Å²) in [5.41, 5.74) is 0.790. The molecule has 0 saturated heterocycles. The second-order valence-corrected chi connectivity index (χ2v) is 6.17. The number of hydrogen-bond donors (Lipinski definition) is 0. The van der Waals surface area contributed by atoms with Gasteiger partial charge in [-0.3, -0.25) is 0 Å². The van der Waals surface area contributed by atoms with Gasteiger partial charge < -0.3 is 23.4 Å². The van der Waals surface area contributed by atoms with Gasteiger partial charge in [0.15, 0.2) is 6.61 Å². The summed E-state index contributed by atoms with van der Waals surface area (Å²) in [7, 11) is 0. The molecule has 0 radical (unpaired) electrons. The number of benzene rings is 2. The molecule has 1 aromatic heterocycles. The van der Waals surface area contributed by atoms with Gasteiger partial charge in [-0.05, 0) is 55.8 Å². The molecule has 7 nitrogen and oxygen atoms in total. The van der Waals surface area contributed by atoms with Crippen molar-refractivity contribution in [1.29, 1.82) is 0 Å². The molecule has 0 aliphatic heterocycles. The summed E-state index contributed by atoms with van der Waals surface area (Å²) in [6, 6.07) is 13.7. The average molecular weight is 398 g/mol. The van der Waals surface area contributed by atoms with Gasteiger partial charge in [-0.2, -0.15) is 0 Å². The molecule has 0 N–H and O–H groups in total. The third-order valence-electron chi connectivity index (χ3n) is 4.03. The Morgan fingerprint density at radius 1 is 0.897 bits per heavy atom. The lowest BCUT2D eigenvalue weighted by Crippen LogP contribution is -2.18. The molecule has 0 aliphatic rings. The maximum Gasteiger partial charge on any atom is 0.344 e. The molecule has 3 aromatic rings. The molecular formula is C22H22O7. The molecule has 3 rings (SSSR count). The van der Waals surface area contributed by atoms with Crippen LogP contribution in [0.4, 0.5) is 0 Å². The molecule has 1 heterocycles. The number of esters is 1. The predicted octanol–water partition coefficient (Wildman–Crippen LogP) is 3.50. The number of hydrogen-bond acceptors (Lipinski definition) is 7. The molecule has 7 heteroatoms. The van der Waals surface area contributed by atoms with Crippen LogP contribution in [0.15, 0.2) is 57.7 Å². The van der Waals surface area contributed by atoms with E-state index in [-0.39, 0.29) is 19.8 Å². The van der Waals surface area contributed by atoms with Crippen LogP contribution in [-0.2, 0) is 9.53 Å². The maximum absolute atomic E-state index is 11.8. The molecule has 0 aliphatic carbocycles. The minimum atomic E-state index is -0.522. The van der Waals surface area contributed by atoms with E-state index in [1.165, 1.54) is 6.07 Å². The lowest BCUT2D eigenvalue weighted by atomic mass is 10.1. The highest BCUT2D eigenvalue weighted by atomic mass is 16.6. The number of aryl methyl sites for hydroxylation is 1. The third kappa shape index (κ3) is 5.75. The molecule has 0 unspecified atom stereocenters. The summed E-state index contributed by atoms with van der Waals surface area (Å²) < 4.78 is 26.5. The average Bonchev–Trinajstić information content (AvgIpc) is 2.70. The zero-order valence-corrected chi connectivity index (χ0v) is 16.3.